The predicted molar refractivity (Wildman–Crippen MR) is 150 cm³/mol. The van der Waals surface area contributed by atoms with Crippen LogP contribution in [0.4, 0.5) is 15.8 Å². The largest absolute Gasteiger partial charge is 0.506 e. The van der Waals surface area contributed by atoms with Crippen LogP contribution in [0.1, 0.15) is 67.9 Å². The lowest BCUT2D eigenvalue weighted by molar-refractivity contribution is 0.0756. The number of aryl methyl sites for hydroxylation is 2. The molecule has 0 spiro atoms. The van der Waals surface area contributed by atoms with E-state index in [1.165, 1.54) is 17.0 Å². The van der Waals surface area contributed by atoms with Crippen LogP contribution in [0.2, 0.25) is 0 Å². The second-order valence-corrected chi connectivity index (χ2v) is 11.1. The van der Waals surface area contributed by atoms with Crippen molar-refractivity contribution < 1.29 is 28.2 Å². The number of benzene rings is 2. The first kappa shape index (κ1) is 27.3. The van der Waals surface area contributed by atoms with Crippen molar-refractivity contribution in [3.05, 3.63) is 88.2 Å². The average Bonchev–Trinajstić information content (AvgIpc) is 3.17. The van der Waals surface area contributed by atoms with E-state index in [0.717, 1.165) is 5.57 Å². The summed E-state index contributed by atoms with van der Waals surface area (Å²) in [5.41, 5.74) is 2.43. The van der Waals surface area contributed by atoms with E-state index in [0.29, 0.717) is 59.9 Å². The number of phenolic OH excluding ortho intramolecular Hbond substituents is 1. The molecule has 5 rings (SSSR count). The number of fused-ring (bicyclic) bond motifs is 1. The van der Waals surface area contributed by atoms with Gasteiger partial charge in [0, 0.05) is 24.0 Å². The van der Waals surface area contributed by atoms with Crippen LogP contribution in [0.25, 0.3) is 0 Å². The van der Waals surface area contributed by atoms with Gasteiger partial charge in [0.1, 0.15) is 47.2 Å². The van der Waals surface area contributed by atoms with Crippen molar-refractivity contribution in [3.63, 3.8) is 0 Å². The zero-order chi connectivity index (χ0) is 28.8. The fourth-order valence-electron chi connectivity index (χ4n) is 5.04. The number of aromatic nitrogens is 1. The van der Waals surface area contributed by atoms with Gasteiger partial charge in [0.05, 0.1) is 18.0 Å². The van der Waals surface area contributed by atoms with E-state index < -0.39 is 17.8 Å². The number of para-hydroxylation sites is 1. The maximum absolute atomic E-state index is 16.0. The number of ether oxygens (including phenoxy) is 2. The maximum atomic E-state index is 16.0. The Bertz CT molecular complexity index is 1540. The highest BCUT2D eigenvalue weighted by atomic mass is 19.1. The number of carbonyl (C=O) groups is 1. The van der Waals surface area contributed by atoms with Gasteiger partial charge < -0.3 is 24.3 Å². The molecule has 1 aromatic heterocycles. The van der Waals surface area contributed by atoms with E-state index in [2.05, 4.69) is 24.1 Å². The van der Waals surface area contributed by atoms with Crippen LogP contribution in [-0.4, -0.2) is 29.2 Å². The summed E-state index contributed by atoms with van der Waals surface area (Å²) in [4.78, 5) is 20.1. The third kappa shape index (κ3) is 5.03. The molecule has 40 heavy (non-hydrogen) atoms. The summed E-state index contributed by atoms with van der Waals surface area (Å²) in [5, 5.41) is 14.2. The lowest BCUT2D eigenvalue weighted by Crippen LogP contribution is -2.39. The maximum Gasteiger partial charge on any atom is 0.281 e. The quantitative estimate of drug-likeness (QED) is 0.263. The molecule has 3 aromatic rings. The number of halogens is 1. The highest BCUT2D eigenvalue weighted by molar-refractivity contribution is 6.09. The molecule has 0 fully saturated rings. The van der Waals surface area contributed by atoms with Gasteiger partial charge in [-0.3, -0.25) is 9.69 Å². The topological polar surface area (TPSA) is 97.1 Å². The van der Waals surface area contributed by atoms with Crippen LogP contribution in [0.3, 0.4) is 0 Å². The molecule has 0 bridgehead atoms. The van der Waals surface area contributed by atoms with Crippen LogP contribution in [0.5, 0.6) is 11.5 Å². The first-order chi connectivity index (χ1) is 19.0. The number of oxazole rings is 1. The number of carbonyl (C=O) groups excluding carboxylic acids is 1. The molecule has 9 heteroatoms. The predicted octanol–water partition coefficient (Wildman–Crippen LogP) is 6.95. The molecule has 1 atom stereocenters. The number of anilines is 2. The van der Waals surface area contributed by atoms with Crippen molar-refractivity contribution in [2.45, 2.75) is 54.0 Å². The van der Waals surface area contributed by atoms with Gasteiger partial charge in [-0.2, -0.15) is 0 Å². The van der Waals surface area contributed by atoms with Gasteiger partial charge >= 0.3 is 0 Å². The summed E-state index contributed by atoms with van der Waals surface area (Å²) in [5.74, 6) is 0.313. The Balaban J connectivity index is 1.72. The molecule has 1 unspecified atom stereocenters. The minimum Gasteiger partial charge on any atom is -0.506 e. The zero-order valence-corrected chi connectivity index (χ0v) is 23.6. The minimum atomic E-state index is -1.00. The first-order valence-electron chi connectivity index (χ1n) is 13.3. The molecule has 0 saturated carbocycles. The Morgan fingerprint density at radius 3 is 2.75 bits per heavy atom. The van der Waals surface area contributed by atoms with E-state index in [9.17, 15) is 9.90 Å². The Morgan fingerprint density at radius 1 is 1.30 bits per heavy atom. The normalized spacial score (nSPS) is 18.3. The number of amides is 1. The van der Waals surface area contributed by atoms with E-state index >= 15 is 4.39 Å². The monoisotopic (exact) mass is 547 g/mol. The number of nitrogens with one attached hydrogen (secondary N) is 1. The fourth-order valence-corrected chi connectivity index (χ4v) is 5.04. The number of nitrogens with zero attached hydrogens (tertiary/aromatic N) is 2. The van der Waals surface area contributed by atoms with Crippen LogP contribution in [0.15, 0.2) is 63.9 Å². The van der Waals surface area contributed by atoms with Gasteiger partial charge in [0.2, 0.25) is 0 Å². The number of allylic oxidation sites excluding steroid dienone is 2. The summed E-state index contributed by atoms with van der Waals surface area (Å²) in [7, 11) is 0. The van der Waals surface area contributed by atoms with E-state index in [1.54, 1.807) is 38.1 Å². The Hall–Kier alpha value is -4.27. The summed E-state index contributed by atoms with van der Waals surface area (Å²) in [6.07, 6.45) is 2.49. The number of aromatic hydroxyl groups is 1. The van der Waals surface area contributed by atoms with Gasteiger partial charge in [-0.05, 0) is 57.0 Å². The summed E-state index contributed by atoms with van der Waals surface area (Å²) in [6.45, 7) is 12.0. The molecule has 0 saturated heterocycles. The SMILES string of the molecule is C/C=C(\C)COc1ccc(C2C3=C(CC(C)(C)CO3)Nc3c(O)cccc3N2C(=O)c2nc(C)oc2C)c(F)c1. The molecule has 0 radical (unpaired) electrons. The molecule has 2 aromatic carbocycles. The van der Waals surface area contributed by atoms with Crippen molar-refractivity contribution in [2.75, 3.05) is 23.4 Å². The van der Waals surface area contributed by atoms with Gasteiger partial charge in [-0.15, -0.1) is 0 Å². The lowest BCUT2D eigenvalue weighted by atomic mass is 9.85. The standard InChI is InChI=1S/C31H34FN3O5/c1-7-17(2)15-38-20-11-12-21(22(32)13-20)28-29-23(14-31(5,6)16-39-29)34-27-24(9-8-10-25(27)36)35(28)30(37)26-18(3)40-19(4)33-26/h7-13,28,34,36H,14-16H2,1-6H3/b17-7+. The second-order valence-electron chi connectivity index (χ2n) is 11.1. The van der Waals surface area contributed by atoms with Crippen LogP contribution >= 0.6 is 0 Å². The Kier molecular flexibility index (Phi) is 7.08. The fraction of sp³-hybridized carbons (Fsp3) is 0.355. The van der Waals surface area contributed by atoms with Crippen molar-refractivity contribution in [1.29, 1.82) is 0 Å². The average molecular weight is 548 g/mol. The molecule has 2 aliphatic heterocycles. The van der Waals surface area contributed by atoms with Crippen molar-refractivity contribution >= 4 is 17.3 Å². The number of hydrogen-bond acceptors (Lipinski definition) is 7. The number of hydrogen-bond donors (Lipinski definition) is 2. The Morgan fingerprint density at radius 2 is 2.08 bits per heavy atom. The van der Waals surface area contributed by atoms with E-state index in [-0.39, 0.29) is 22.4 Å². The molecular weight excluding hydrogens is 513 g/mol. The molecule has 210 valence electrons. The Labute approximate surface area is 233 Å². The highest BCUT2D eigenvalue weighted by Crippen LogP contribution is 2.50. The summed E-state index contributed by atoms with van der Waals surface area (Å²) in [6, 6.07) is 8.49. The number of phenols is 1. The molecule has 0 aliphatic carbocycles. The van der Waals surface area contributed by atoms with Gasteiger partial charge in [0.15, 0.2) is 11.6 Å². The van der Waals surface area contributed by atoms with Crippen LogP contribution < -0.4 is 15.0 Å². The number of rotatable bonds is 5. The molecular formula is C31H34FN3O5. The van der Waals surface area contributed by atoms with Gasteiger partial charge in [0.25, 0.3) is 5.91 Å². The molecule has 3 heterocycles. The van der Waals surface area contributed by atoms with Crippen molar-refractivity contribution in [1.82, 2.24) is 4.98 Å². The first-order valence-corrected chi connectivity index (χ1v) is 13.3. The van der Waals surface area contributed by atoms with Crippen molar-refractivity contribution in [2.24, 2.45) is 5.41 Å². The minimum absolute atomic E-state index is 0.0530. The molecule has 8 nitrogen and oxygen atoms in total. The summed E-state index contributed by atoms with van der Waals surface area (Å²) >= 11 is 0. The third-order valence-corrected chi connectivity index (χ3v) is 7.18. The van der Waals surface area contributed by atoms with Crippen LogP contribution in [0, 0.1) is 25.1 Å². The molecule has 1 amide bonds. The molecule has 2 aliphatic rings. The smallest absolute Gasteiger partial charge is 0.281 e. The lowest BCUT2D eigenvalue weighted by Gasteiger charge is -2.37. The second kappa shape index (κ2) is 10.4. The van der Waals surface area contributed by atoms with Gasteiger partial charge in [-0.25, -0.2) is 9.37 Å². The summed E-state index contributed by atoms with van der Waals surface area (Å²) < 4.78 is 33.7. The van der Waals surface area contributed by atoms with Crippen LogP contribution in [-0.2, 0) is 4.74 Å². The molecule has 2 N–H and O–H groups in total. The van der Waals surface area contributed by atoms with Gasteiger partial charge in [-0.1, -0.05) is 26.0 Å². The van der Waals surface area contributed by atoms with E-state index in [1.807, 2.05) is 19.9 Å². The van der Waals surface area contributed by atoms with Crippen molar-refractivity contribution in [3.8, 4) is 11.5 Å². The third-order valence-electron chi connectivity index (χ3n) is 7.18. The zero-order valence-electron chi connectivity index (χ0n) is 23.6. The van der Waals surface area contributed by atoms with E-state index in [4.69, 9.17) is 13.9 Å². The highest BCUT2D eigenvalue weighted by Gasteiger charge is 2.43.